The van der Waals surface area contributed by atoms with Crippen molar-refractivity contribution in [2.24, 2.45) is 23.2 Å². The van der Waals surface area contributed by atoms with Crippen LogP contribution in [-0.2, 0) is 4.79 Å². The number of nitrogens with one attached hydrogen (secondary N) is 2. The molecule has 2 N–H and O–H groups in total. The minimum atomic E-state index is -0.355. The minimum Gasteiger partial charge on any atom is -0.273 e. The first-order chi connectivity index (χ1) is 11.0. The molecule has 23 heavy (non-hydrogen) atoms. The number of carbonyl (C=O) groups is 2. The highest BCUT2D eigenvalue weighted by Gasteiger charge is 2.54. The summed E-state index contributed by atoms with van der Waals surface area (Å²) in [6.45, 7) is 1.84. The van der Waals surface area contributed by atoms with Crippen LogP contribution < -0.4 is 10.9 Å². The van der Waals surface area contributed by atoms with Gasteiger partial charge in [-0.1, -0.05) is 6.07 Å². The van der Waals surface area contributed by atoms with Gasteiger partial charge in [0, 0.05) is 5.69 Å². The summed E-state index contributed by atoms with van der Waals surface area (Å²) < 4.78 is 0. The van der Waals surface area contributed by atoms with Gasteiger partial charge in [0.25, 0.3) is 5.91 Å². The SMILES string of the molecule is Cc1cccc(C(=O)NNC(=O)C23CC4CC(CC(C4)C2)C3)n1. The highest BCUT2D eigenvalue weighted by molar-refractivity contribution is 5.94. The summed E-state index contributed by atoms with van der Waals surface area (Å²) in [4.78, 5) is 29.1. The molecule has 4 aliphatic carbocycles. The summed E-state index contributed by atoms with van der Waals surface area (Å²) in [5.41, 5.74) is 6.09. The molecule has 0 unspecified atom stereocenters. The van der Waals surface area contributed by atoms with E-state index in [2.05, 4.69) is 15.8 Å². The quantitative estimate of drug-likeness (QED) is 0.823. The van der Waals surface area contributed by atoms with Gasteiger partial charge in [0.1, 0.15) is 5.69 Å². The summed E-state index contributed by atoms with van der Waals surface area (Å²) in [5, 5.41) is 0. The molecule has 0 radical (unpaired) electrons. The van der Waals surface area contributed by atoms with Crippen LogP contribution in [0.3, 0.4) is 0 Å². The molecule has 4 saturated carbocycles. The van der Waals surface area contributed by atoms with E-state index in [1.54, 1.807) is 12.1 Å². The lowest BCUT2D eigenvalue weighted by Gasteiger charge is -2.55. The van der Waals surface area contributed by atoms with Gasteiger partial charge in [0.2, 0.25) is 5.91 Å². The molecule has 1 heterocycles. The van der Waals surface area contributed by atoms with Crippen LogP contribution in [0.2, 0.25) is 0 Å². The van der Waals surface area contributed by atoms with Crippen LogP contribution in [-0.4, -0.2) is 16.8 Å². The molecule has 2 amide bonds. The van der Waals surface area contributed by atoms with Crippen LogP contribution in [0.5, 0.6) is 0 Å². The Morgan fingerprint density at radius 3 is 2.22 bits per heavy atom. The van der Waals surface area contributed by atoms with E-state index in [4.69, 9.17) is 0 Å². The van der Waals surface area contributed by atoms with Crippen molar-refractivity contribution in [3.8, 4) is 0 Å². The molecule has 0 saturated heterocycles. The van der Waals surface area contributed by atoms with E-state index in [-0.39, 0.29) is 17.2 Å². The van der Waals surface area contributed by atoms with Gasteiger partial charge in [-0.25, -0.2) is 4.98 Å². The van der Waals surface area contributed by atoms with Crippen LogP contribution in [0, 0.1) is 30.1 Å². The monoisotopic (exact) mass is 313 g/mol. The van der Waals surface area contributed by atoms with Crippen LogP contribution in [0.1, 0.15) is 54.7 Å². The zero-order valence-corrected chi connectivity index (χ0v) is 13.5. The first kappa shape index (κ1) is 14.7. The summed E-state index contributed by atoms with van der Waals surface area (Å²) in [5.74, 6) is 1.77. The maximum Gasteiger partial charge on any atom is 0.288 e. The van der Waals surface area contributed by atoms with Crippen molar-refractivity contribution < 1.29 is 9.59 Å². The molecule has 0 aromatic carbocycles. The zero-order valence-electron chi connectivity index (χ0n) is 13.5. The van der Waals surface area contributed by atoms with Gasteiger partial charge in [0.05, 0.1) is 5.41 Å². The predicted molar refractivity (Wildman–Crippen MR) is 85.2 cm³/mol. The molecule has 4 bridgehead atoms. The van der Waals surface area contributed by atoms with Crippen molar-refractivity contribution in [3.63, 3.8) is 0 Å². The molecule has 5 nitrogen and oxygen atoms in total. The van der Waals surface area contributed by atoms with E-state index in [0.29, 0.717) is 23.4 Å². The van der Waals surface area contributed by atoms with E-state index in [0.717, 1.165) is 25.0 Å². The second-order valence-corrected chi connectivity index (χ2v) is 7.77. The molecule has 1 aromatic heterocycles. The number of hydrazine groups is 1. The molecule has 4 aliphatic rings. The molecule has 0 aliphatic heterocycles. The van der Waals surface area contributed by atoms with Gasteiger partial charge in [-0.15, -0.1) is 0 Å². The molecular formula is C18H23N3O2. The third-order valence-electron chi connectivity index (χ3n) is 5.93. The second kappa shape index (κ2) is 5.32. The third kappa shape index (κ3) is 2.62. The summed E-state index contributed by atoms with van der Waals surface area (Å²) in [6, 6.07) is 5.28. The molecule has 5 rings (SSSR count). The van der Waals surface area contributed by atoms with E-state index in [1.807, 2.05) is 13.0 Å². The van der Waals surface area contributed by atoms with Gasteiger partial charge < -0.3 is 0 Å². The average molecular weight is 313 g/mol. The van der Waals surface area contributed by atoms with E-state index < -0.39 is 0 Å². The Balaban J connectivity index is 1.41. The zero-order chi connectivity index (χ0) is 16.0. The van der Waals surface area contributed by atoms with Gasteiger partial charge in [0.15, 0.2) is 0 Å². The van der Waals surface area contributed by atoms with Crippen molar-refractivity contribution in [2.75, 3.05) is 0 Å². The molecule has 122 valence electrons. The first-order valence-corrected chi connectivity index (χ1v) is 8.58. The Hall–Kier alpha value is -1.91. The highest BCUT2D eigenvalue weighted by Crippen LogP contribution is 2.59. The fraction of sp³-hybridized carbons (Fsp3) is 0.611. The summed E-state index contributed by atoms with van der Waals surface area (Å²) in [6.07, 6.45) is 6.86. The number of aryl methyl sites for hydroxylation is 1. The van der Waals surface area contributed by atoms with E-state index >= 15 is 0 Å². The lowest BCUT2D eigenvalue weighted by molar-refractivity contribution is -0.147. The fourth-order valence-electron chi connectivity index (χ4n) is 5.37. The predicted octanol–water partition coefficient (Wildman–Crippen LogP) is 2.37. The minimum absolute atomic E-state index is 0.00222. The number of nitrogens with zero attached hydrogens (tertiary/aromatic N) is 1. The molecule has 5 heteroatoms. The van der Waals surface area contributed by atoms with Crippen molar-refractivity contribution in [1.29, 1.82) is 0 Å². The Morgan fingerprint density at radius 1 is 1.04 bits per heavy atom. The number of pyridine rings is 1. The largest absolute Gasteiger partial charge is 0.288 e. The first-order valence-electron chi connectivity index (χ1n) is 8.58. The molecule has 1 aromatic rings. The number of amides is 2. The van der Waals surface area contributed by atoms with Gasteiger partial charge in [-0.3, -0.25) is 20.4 Å². The number of rotatable bonds is 2. The smallest absolute Gasteiger partial charge is 0.273 e. The average Bonchev–Trinajstić information content (AvgIpc) is 2.51. The standard InChI is InChI=1S/C18H23N3O2/c1-11-3-2-4-15(19-11)16(22)20-21-17(23)18-8-12-5-13(9-18)7-14(6-12)10-18/h2-4,12-14H,5-10H2,1H3,(H,20,22)(H,21,23). The van der Waals surface area contributed by atoms with Gasteiger partial charge in [-0.05, 0) is 75.3 Å². The van der Waals surface area contributed by atoms with Crippen LogP contribution in [0.15, 0.2) is 18.2 Å². The van der Waals surface area contributed by atoms with Crippen LogP contribution >= 0.6 is 0 Å². The summed E-state index contributed by atoms with van der Waals surface area (Å²) >= 11 is 0. The van der Waals surface area contributed by atoms with Crippen molar-refractivity contribution in [3.05, 3.63) is 29.6 Å². The molecule has 0 spiro atoms. The second-order valence-electron chi connectivity index (χ2n) is 7.77. The number of hydrogen-bond acceptors (Lipinski definition) is 3. The topological polar surface area (TPSA) is 71.1 Å². The van der Waals surface area contributed by atoms with Crippen molar-refractivity contribution in [1.82, 2.24) is 15.8 Å². The van der Waals surface area contributed by atoms with Crippen molar-refractivity contribution in [2.45, 2.75) is 45.4 Å². The Bertz CT molecular complexity index is 620. The molecule has 0 atom stereocenters. The van der Waals surface area contributed by atoms with E-state index in [1.165, 1.54) is 19.3 Å². The normalized spacial score (nSPS) is 34.2. The maximum absolute atomic E-state index is 12.8. The number of hydrogen-bond donors (Lipinski definition) is 2. The van der Waals surface area contributed by atoms with Crippen LogP contribution in [0.25, 0.3) is 0 Å². The van der Waals surface area contributed by atoms with Crippen molar-refractivity contribution >= 4 is 11.8 Å². The Labute approximate surface area is 136 Å². The highest BCUT2D eigenvalue weighted by atomic mass is 16.2. The third-order valence-corrected chi connectivity index (χ3v) is 5.93. The lowest BCUT2D eigenvalue weighted by atomic mass is 9.49. The van der Waals surface area contributed by atoms with E-state index in [9.17, 15) is 9.59 Å². The lowest BCUT2D eigenvalue weighted by Crippen LogP contribution is -2.56. The number of aromatic nitrogens is 1. The van der Waals surface area contributed by atoms with Crippen LogP contribution in [0.4, 0.5) is 0 Å². The molecule has 4 fully saturated rings. The van der Waals surface area contributed by atoms with Gasteiger partial charge >= 0.3 is 0 Å². The summed E-state index contributed by atoms with van der Waals surface area (Å²) in [7, 11) is 0. The maximum atomic E-state index is 12.8. The Kier molecular flexibility index (Phi) is 3.39. The molecular weight excluding hydrogens is 290 g/mol. The Morgan fingerprint density at radius 2 is 1.65 bits per heavy atom. The number of carbonyl (C=O) groups excluding carboxylic acids is 2. The van der Waals surface area contributed by atoms with Gasteiger partial charge in [-0.2, -0.15) is 0 Å². The fourth-order valence-corrected chi connectivity index (χ4v) is 5.37.